The Labute approximate surface area is 102 Å². The Morgan fingerprint density at radius 2 is 2.24 bits per heavy atom. The number of hydrogen-bond acceptors (Lipinski definition) is 5. The summed E-state index contributed by atoms with van der Waals surface area (Å²) < 4.78 is 21.0. The Balaban J connectivity index is 2.00. The normalized spacial score (nSPS) is 22.1. The predicted molar refractivity (Wildman–Crippen MR) is 61.6 cm³/mol. The minimum absolute atomic E-state index is 0.106. The molecule has 2 unspecified atom stereocenters. The molecule has 0 aromatic carbocycles. The molecule has 1 aliphatic rings. The second kappa shape index (κ2) is 8.44. The van der Waals surface area contributed by atoms with E-state index in [-0.39, 0.29) is 12.3 Å². The summed E-state index contributed by atoms with van der Waals surface area (Å²) >= 11 is 0. The first-order valence-electron chi connectivity index (χ1n) is 6.25. The summed E-state index contributed by atoms with van der Waals surface area (Å²) in [4.78, 5) is 11.2. The summed E-state index contributed by atoms with van der Waals surface area (Å²) in [7, 11) is 0. The molecule has 1 aliphatic heterocycles. The summed E-state index contributed by atoms with van der Waals surface area (Å²) in [5, 5.41) is 0. The van der Waals surface area contributed by atoms with Gasteiger partial charge in [-0.05, 0) is 33.1 Å². The Hall–Kier alpha value is -0.650. The molecule has 0 bridgehead atoms. The molecule has 0 aromatic heterocycles. The lowest BCUT2D eigenvalue weighted by Crippen LogP contribution is -2.27. The molecule has 0 spiro atoms. The molecule has 2 atom stereocenters. The van der Waals surface area contributed by atoms with E-state index < -0.39 is 6.10 Å². The third-order valence-electron chi connectivity index (χ3n) is 2.51. The topological polar surface area (TPSA) is 54.0 Å². The van der Waals surface area contributed by atoms with Crippen LogP contribution < -0.4 is 0 Å². The maximum absolute atomic E-state index is 11.2. The molecule has 0 amide bonds. The lowest BCUT2D eigenvalue weighted by atomic mass is 10.2. The van der Waals surface area contributed by atoms with E-state index in [1.807, 2.05) is 0 Å². The van der Waals surface area contributed by atoms with Crippen molar-refractivity contribution in [1.29, 1.82) is 0 Å². The van der Waals surface area contributed by atoms with E-state index in [0.29, 0.717) is 19.8 Å². The van der Waals surface area contributed by atoms with Crippen molar-refractivity contribution in [3.63, 3.8) is 0 Å². The zero-order chi connectivity index (χ0) is 12.5. The van der Waals surface area contributed by atoms with E-state index in [1.54, 1.807) is 13.8 Å². The highest BCUT2D eigenvalue weighted by Gasteiger charge is 2.16. The van der Waals surface area contributed by atoms with Crippen LogP contribution in [0, 0.1) is 0 Å². The van der Waals surface area contributed by atoms with Crippen LogP contribution in [0.25, 0.3) is 0 Å². The van der Waals surface area contributed by atoms with Crippen LogP contribution in [0.1, 0.15) is 33.1 Å². The van der Waals surface area contributed by atoms with Crippen molar-refractivity contribution in [2.45, 2.75) is 45.5 Å². The maximum atomic E-state index is 11.2. The standard InChI is InChI=1S/C12H22O5/c1-3-14-12(13)10(2)15-8-9-17-11-6-4-5-7-16-11/h10-11H,3-9H2,1-2H3. The van der Waals surface area contributed by atoms with E-state index in [9.17, 15) is 4.79 Å². The molecule has 1 saturated heterocycles. The fourth-order valence-electron chi connectivity index (χ4n) is 1.57. The Morgan fingerprint density at radius 1 is 1.41 bits per heavy atom. The van der Waals surface area contributed by atoms with Crippen LogP contribution in [-0.4, -0.2) is 44.8 Å². The summed E-state index contributed by atoms with van der Waals surface area (Å²) in [5.74, 6) is -0.332. The van der Waals surface area contributed by atoms with Gasteiger partial charge in [0.05, 0.1) is 19.8 Å². The number of ether oxygens (including phenoxy) is 4. The van der Waals surface area contributed by atoms with Crippen molar-refractivity contribution in [3.05, 3.63) is 0 Å². The largest absolute Gasteiger partial charge is 0.464 e. The summed E-state index contributed by atoms with van der Waals surface area (Å²) in [6.07, 6.45) is 2.55. The van der Waals surface area contributed by atoms with Crippen LogP contribution in [0.5, 0.6) is 0 Å². The molecule has 0 aliphatic carbocycles. The highest BCUT2D eigenvalue weighted by molar-refractivity contribution is 5.74. The van der Waals surface area contributed by atoms with Gasteiger partial charge in [-0.2, -0.15) is 0 Å². The van der Waals surface area contributed by atoms with Gasteiger partial charge in [0, 0.05) is 6.61 Å². The van der Waals surface area contributed by atoms with Gasteiger partial charge in [-0.15, -0.1) is 0 Å². The van der Waals surface area contributed by atoms with Gasteiger partial charge in [0.2, 0.25) is 0 Å². The van der Waals surface area contributed by atoms with Gasteiger partial charge in [0.25, 0.3) is 0 Å². The second-order valence-electron chi connectivity index (χ2n) is 3.93. The Morgan fingerprint density at radius 3 is 2.88 bits per heavy atom. The number of hydrogen-bond donors (Lipinski definition) is 0. The van der Waals surface area contributed by atoms with Gasteiger partial charge < -0.3 is 18.9 Å². The van der Waals surface area contributed by atoms with Crippen LogP contribution in [0.2, 0.25) is 0 Å². The first kappa shape index (κ1) is 14.4. The number of carbonyl (C=O) groups is 1. The molecular formula is C12H22O5. The van der Waals surface area contributed by atoms with Gasteiger partial charge in [-0.1, -0.05) is 0 Å². The predicted octanol–water partition coefficient (Wildman–Crippen LogP) is 1.50. The van der Waals surface area contributed by atoms with Crippen molar-refractivity contribution in [2.75, 3.05) is 26.4 Å². The highest BCUT2D eigenvalue weighted by atomic mass is 16.7. The number of esters is 1. The Kier molecular flexibility index (Phi) is 7.16. The van der Waals surface area contributed by atoms with Gasteiger partial charge in [-0.25, -0.2) is 4.79 Å². The highest BCUT2D eigenvalue weighted by Crippen LogP contribution is 2.13. The fourth-order valence-corrected chi connectivity index (χ4v) is 1.57. The third kappa shape index (κ3) is 6.00. The number of carbonyl (C=O) groups excluding carboxylic acids is 1. The van der Waals surface area contributed by atoms with Gasteiger partial charge in [-0.3, -0.25) is 0 Å². The molecule has 5 heteroatoms. The summed E-state index contributed by atoms with van der Waals surface area (Å²) in [6, 6.07) is 0. The first-order valence-corrected chi connectivity index (χ1v) is 6.25. The van der Waals surface area contributed by atoms with E-state index in [2.05, 4.69) is 0 Å². The van der Waals surface area contributed by atoms with Gasteiger partial charge in [0.15, 0.2) is 12.4 Å². The van der Waals surface area contributed by atoms with Crippen LogP contribution in [0.4, 0.5) is 0 Å². The molecule has 100 valence electrons. The fraction of sp³-hybridized carbons (Fsp3) is 0.917. The lowest BCUT2D eigenvalue weighted by Gasteiger charge is -2.22. The molecule has 1 rings (SSSR count). The van der Waals surface area contributed by atoms with Crippen LogP contribution in [-0.2, 0) is 23.7 Å². The first-order chi connectivity index (χ1) is 8.24. The molecule has 1 heterocycles. The van der Waals surface area contributed by atoms with Gasteiger partial charge in [0.1, 0.15) is 0 Å². The quantitative estimate of drug-likeness (QED) is 0.503. The van der Waals surface area contributed by atoms with Crippen LogP contribution in [0.15, 0.2) is 0 Å². The lowest BCUT2D eigenvalue weighted by molar-refractivity contribution is -0.175. The van der Waals surface area contributed by atoms with Crippen LogP contribution in [0.3, 0.4) is 0 Å². The minimum atomic E-state index is -0.536. The third-order valence-corrected chi connectivity index (χ3v) is 2.51. The summed E-state index contributed by atoms with van der Waals surface area (Å²) in [6.45, 7) is 5.40. The monoisotopic (exact) mass is 246 g/mol. The van der Waals surface area contributed by atoms with E-state index >= 15 is 0 Å². The molecule has 0 saturated carbocycles. The van der Waals surface area contributed by atoms with Crippen molar-refractivity contribution in [3.8, 4) is 0 Å². The van der Waals surface area contributed by atoms with E-state index in [4.69, 9.17) is 18.9 Å². The molecule has 0 N–H and O–H groups in total. The van der Waals surface area contributed by atoms with Gasteiger partial charge >= 0.3 is 5.97 Å². The SMILES string of the molecule is CCOC(=O)C(C)OCCOC1CCCCO1. The maximum Gasteiger partial charge on any atom is 0.334 e. The molecule has 1 fully saturated rings. The minimum Gasteiger partial charge on any atom is -0.464 e. The van der Waals surface area contributed by atoms with Crippen molar-refractivity contribution >= 4 is 5.97 Å². The van der Waals surface area contributed by atoms with Crippen molar-refractivity contribution < 1.29 is 23.7 Å². The second-order valence-corrected chi connectivity index (χ2v) is 3.93. The van der Waals surface area contributed by atoms with Crippen molar-refractivity contribution in [2.24, 2.45) is 0 Å². The smallest absolute Gasteiger partial charge is 0.334 e. The molecular weight excluding hydrogens is 224 g/mol. The zero-order valence-corrected chi connectivity index (χ0v) is 10.6. The van der Waals surface area contributed by atoms with Crippen LogP contribution >= 0.6 is 0 Å². The zero-order valence-electron chi connectivity index (χ0n) is 10.6. The molecule has 0 aromatic rings. The Bertz CT molecular complexity index is 213. The van der Waals surface area contributed by atoms with E-state index in [0.717, 1.165) is 25.9 Å². The average molecular weight is 246 g/mol. The van der Waals surface area contributed by atoms with E-state index in [1.165, 1.54) is 0 Å². The number of rotatable bonds is 7. The molecule has 0 radical (unpaired) electrons. The average Bonchev–Trinajstić information content (AvgIpc) is 2.36. The molecule has 17 heavy (non-hydrogen) atoms. The van der Waals surface area contributed by atoms with Crippen molar-refractivity contribution in [1.82, 2.24) is 0 Å². The summed E-state index contributed by atoms with van der Waals surface area (Å²) in [5.41, 5.74) is 0. The molecule has 5 nitrogen and oxygen atoms in total.